The number of rotatable bonds is 5. The second-order valence-corrected chi connectivity index (χ2v) is 5.55. The zero-order valence-corrected chi connectivity index (χ0v) is 11.3. The van der Waals surface area contributed by atoms with E-state index < -0.39 is 5.41 Å². The first-order valence-electron chi connectivity index (χ1n) is 6.18. The Morgan fingerprint density at radius 1 is 1.41 bits per heavy atom. The highest BCUT2D eigenvalue weighted by molar-refractivity contribution is 5.77. The summed E-state index contributed by atoms with van der Waals surface area (Å²) < 4.78 is 4.81. The van der Waals surface area contributed by atoms with E-state index in [0.29, 0.717) is 19.0 Å². The smallest absolute Gasteiger partial charge is 0.312 e. The molecular formula is C13H23NO3. The molecule has 0 N–H and O–H groups in total. The van der Waals surface area contributed by atoms with E-state index in [0.717, 1.165) is 19.4 Å². The number of nitrogens with zero attached hydrogens (tertiary/aromatic N) is 1. The molecule has 0 aromatic carbocycles. The zero-order chi connectivity index (χ0) is 13.1. The number of ether oxygens (including phenoxy) is 1. The monoisotopic (exact) mass is 241 g/mol. The fourth-order valence-electron chi connectivity index (χ4n) is 2.51. The van der Waals surface area contributed by atoms with Gasteiger partial charge in [0, 0.05) is 19.0 Å². The molecule has 0 radical (unpaired) electrons. The van der Waals surface area contributed by atoms with Gasteiger partial charge in [0.2, 0.25) is 0 Å². The molecular weight excluding hydrogens is 218 g/mol. The summed E-state index contributed by atoms with van der Waals surface area (Å²) in [5.41, 5.74) is -0.506. The Bertz CT molecular complexity index is 299. The molecule has 1 rings (SSSR count). The Kier molecular flexibility index (Phi) is 4.69. The molecule has 1 unspecified atom stereocenters. The van der Waals surface area contributed by atoms with Crippen LogP contribution in [0.15, 0.2) is 0 Å². The van der Waals surface area contributed by atoms with Crippen LogP contribution in [0.5, 0.6) is 0 Å². The van der Waals surface area contributed by atoms with Crippen LogP contribution in [-0.2, 0) is 14.3 Å². The number of Topliss-reactive ketones (excluding diaryl/α,β-unsaturated/α-hetero) is 1. The predicted molar refractivity (Wildman–Crippen MR) is 65.7 cm³/mol. The Morgan fingerprint density at radius 3 is 2.59 bits per heavy atom. The van der Waals surface area contributed by atoms with E-state index in [1.54, 1.807) is 6.92 Å². The van der Waals surface area contributed by atoms with Gasteiger partial charge in [0.25, 0.3) is 0 Å². The fraction of sp³-hybridized carbons (Fsp3) is 0.846. The second-order valence-electron chi connectivity index (χ2n) is 5.55. The van der Waals surface area contributed by atoms with E-state index >= 15 is 0 Å². The van der Waals surface area contributed by atoms with Crippen LogP contribution in [0.4, 0.5) is 0 Å². The van der Waals surface area contributed by atoms with Crippen molar-refractivity contribution in [2.45, 2.75) is 46.1 Å². The minimum absolute atomic E-state index is 0.189. The molecule has 4 nitrogen and oxygen atoms in total. The van der Waals surface area contributed by atoms with Crippen molar-refractivity contribution in [1.82, 2.24) is 4.90 Å². The van der Waals surface area contributed by atoms with Crippen molar-refractivity contribution >= 4 is 11.8 Å². The molecule has 1 saturated heterocycles. The standard InChI is InChI=1S/C13H23NO3/c1-10(15)8-11-6-5-7-14(11)9-13(2,3)12(16)17-4/h11H,5-9H2,1-4H3. The first-order chi connectivity index (χ1) is 7.86. The van der Waals surface area contributed by atoms with Crippen LogP contribution in [0.3, 0.4) is 0 Å². The van der Waals surface area contributed by atoms with E-state index in [2.05, 4.69) is 4.90 Å². The van der Waals surface area contributed by atoms with Gasteiger partial charge in [-0.25, -0.2) is 0 Å². The van der Waals surface area contributed by atoms with E-state index in [1.807, 2.05) is 13.8 Å². The number of hydrogen-bond donors (Lipinski definition) is 0. The van der Waals surface area contributed by atoms with Gasteiger partial charge in [-0.1, -0.05) is 0 Å². The first kappa shape index (κ1) is 14.2. The van der Waals surface area contributed by atoms with Crippen molar-refractivity contribution in [2.75, 3.05) is 20.2 Å². The molecule has 1 aliphatic rings. The average molecular weight is 241 g/mol. The number of ketones is 1. The molecule has 0 bridgehead atoms. The van der Waals surface area contributed by atoms with Gasteiger partial charge in [-0.15, -0.1) is 0 Å². The second kappa shape index (κ2) is 5.63. The third-order valence-corrected chi connectivity index (χ3v) is 3.36. The lowest BCUT2D eigenvalue weighted by molar-refractivity contribution is -0.151. The lowest BCUT2D eigenvalue weighted by Crippen LogP contribution is -2.42. The molecule has 0 aliphatic carbocycles. The third-order valence-electron chi connectivity index (χ3n) is 3.36. The van der Waals surface area contributed by atoms with Crippen LogP contribution in [0.25, 0.3) is 0 Å². The van der Waals surface area contributed by atoms with Crippen molar-refractivity contribution in [3.63, 3.8) is 0 Å². The van der Waals surface area contributed by atoms with Gasteiger partial charge >= 0.3 is 5.97 Å². The maximum absolute atomic E-state index is 11.6. The largest absolute Gasteiger partial charge is 0.469 e. The van der Waals surface area contributed by atoms with Gasteiger partial charge in [0.15, 0.2) is 0 Å². The lowest BCUT2D eigenvalue weighted by Gasteiger charge is -2.31. The molecule has 17 heavy (non-hydrogen) atoms. The Morgan fingerprint density at radius 2 is 2.06 bits per heavy atom. The van der Waals surface area contributed by atoms with Gasteiger partial charge in [-0.3, -0.25) is 14.5 Å². The first-order valence-corrected chi connectivity index (χ1v) is 6.18. The summed E-state index contributed by atoms with van der Waals surface area (Å²) in [6.07, 6.45) is 2.75. The molecule has 1 atom stereocenters. The van der Waals surface area contributed by atoms with E-state index in [4.69, 9.17) is 4.74 Å². The summed E-state index contributed by atoms with van der Waals surface area (Å²) >= 11 is 0. The summed E-state index contributed by atoms with van der Waals surface area (Å²) in [5, 5.41) is 0. The quantitative estimate of drug-likeness (QED) is 0.686. The zero-order valence-electron chi connectivity index (χ0n) is 11.3. The Balaban J connectivity index is 2.60. The highest BCUT2D eigenvalue weighted by atomic mass is 16.5. The van der Waals surface area contributed by atoms with Crippen molar-refractivity contribution in [2.24, 2.45) is 5.41 Å². The number of methoxy groups -OCH3 is 1. The summed E-state index contributed by atoms with van der Waals surface area (Å²) in [5.74, 6) is 0.0312. The summed E-state index contributed by atoms with van der Waals surface area (Å²) in [7, 11) is 1.42. The third kappa shape index (κ3) is 3.80. The average Bonchev–Trinajstić information content (AvgIpc) is 2.63. The highest BCUT2D eigenvalue weighted by Gasteiger charge is 2.35. The van der Waals surface area contributed by atoms with Gasteiger partial charge < -0.3 is 4.74 Å². The fourth-order valence-corrected chi connectivity index (χ4v) is 2.51. The predicted octanol–water partition coefficient (Wildman–Crippen LogP) is 1.63. The minimum Gasteiger partial charge on any atom is -0.469 e. The number of esters is 1. The number of likely N-dealkylation sites (tertiary alicyclic amines) is 1. The van der Waals surface area contributed by atoms with E-state index in [1.165, 1.54) is 7.11 Å². The van der Waals surface area contributed by atoms with Crippen molar-refractivity contribution in [3.8, 4) is 0 Å². The molecule has 98 valence electrons. The number of carbonyl (C=O) groups is 2. The van der Waals surface area contributed by atoms with Crippen LogP contribution in [-0.4, -0.2) is 42.9 Å². The molecule has 0 aromatic rings. The summed E-state index contributed by atoms with van der Waals surface area (Å²) in [4.78, 5) is 25.1. The normalized spacial score (nSPS) is 21.5. The van der Waals surface area contributed by atoms with Crippen molar-refractivity contribution < 1.29 is 14.3 Å². The van der Waals surface area contributed by atoms with Gasteiger partial charge in [0.1, 0.15) is 5.78 Å². The summed E-state index contributed by atoms with van der Waals surface area (Å²) in [6, 6.07) is 0.302. The summed E-state index contributed by atoms with van der Waals surface area (Å²) in [6.45, 7) is 7.04. The molecule has 0 amide bonds. The molecule has 0 aromatic heterocycles. The molecule has 1 aliphatic heterocycles. The molecule has 1 fully saturated rings. The van der Waals surface area contributed by atoms with E-state index in [-0.39, 0.29) is 11.8 Å². The van der Waals surface area contributed by atoms with Crippen LogP contribution in [0.1, 0.15) is 40.0 Å². The highest BCUT2D eigenvalue weighted by Crippen LogP contribution is 2.26. The van der Waals surface area contributed by atoms with Crippen molar-refractivity contribution in [3.05, 3.63) is 0 Å². The minimum atomic E-state index is -0.506. The lowest BCUT2D eigenvalue weighted by atomic mass is 9.92. The van der Waals surface area contributed by atoms with Crippen LogP contribution in [0, 0.1) is 5.41 Å². The molecule has 0 spiro atoms. The van der Waals surface area contributed by atoms with Crippen LogP contribution in [0.2, 0.25) is 0 Å². The van der Waals surface area contributed by atoms with Gasteiger partial charge in [-0.05, 0) is 40.2 Å². The maximum Gasteiger partial charge on any atom is 0.312 e. The Hall–Kier alpha value is -0.900. The van der Waals surface area contributed by atoms with Gasteiger partial charge in [0.05, 0.1) is 12.5 Å². The van der Waals surface area contributed by atoms with Crippen molar-refractivity contribution in [1.29, 1.82) is 0 Å². The molecule has 0 saturated carbocycles. The van der Waals surface area contributed by atoms with Crippen LogP contribution < -0.4 is 0 Å². The topological polar surface area (TPSA) is 46.6 Å². The van der Waals surface area contributed by atoms with E-state index in [9.17, 15) is 9.59 Å². The SMILES string of the molecule is COC(=O)C(C)(C)CN1CCCC1CC(C)=O. The maximum atomic E-state index is 11.6. The molecule has 1 heterocycles. The Labute approximate surface area is 103 Å². The number of carbonyl (C=O) groups excluding carboxylic acids is 2. The molecule has 4 heteroatoms. The van der Waals surface area contributed by atoms with Crippen LogP contribution >= 0.6 is 0 Å². The number of hydrogen-bond acceptors (Lipinski definition) is 4. The van der Waals surface area contributed by atoms with Gasteiger partial charge in [-0.2, -0.15) is 0 Å².